The molecule has 1 atom stereocenters. The highest BCUT2D eigenvalue weighted by Gasteiger charge is 2.20. The predicted molar refractivity (Wildman–Crippen MR) is 86.5 cm³/mol. The summed E-state index contributed by atoms with van der Waals surface area (Å²) in [7, 11) is -1.07. The maximum Gasteiger partial charge on any atom is 0.297 e. The molecule has 9 heteroatoms. The number of aromatic nitrogens is 5. The molecule has 0 spiro atoms. The number of hydrogen-bond donors (Lipinski definition) is 0. The Labute approximate surface area is 140 Å². The molecule has 0 radical (unpaired) electrons. The Morgan fingerprint density at radius 2 is 2.12 bits per heavy atom. The third-order valence-corrected chi connectivity index (χ3v) is 3.86. The van der Waals surface area contributed by atoms with E-state index in [2.05, 4.69) is 20.2 Å². The molecule has 1 unspecified atom stereocenters. The average molecular weight is 349 g/mol. The molecule has 0 fully saturated rings. The molecule has 126 valence electrons. The molecule has 0 amide bonds. The largest absolute Gasteiger partial charge is 0.330 e. The lowest BCUT2D eigenvalue weighted by Gasteiger charge is -2.07. The van der Waals surface area contributed by atoms with Gasteiger partial charge in [-0.15, -0.1) is 5.10 Å². The van der Waals surface area contributed by atoms with Gasteiger partial charge in [0.15, 0.2) is 5.82 Å². The minimum atomic E-state index is -1.07. The summed E-state index contributed by atoms with van der Waals surface area (Å²) in [5.41, 5.74) is 0.562. The Morgan fingerprint density at radius 3 is 2.79 bits per heavy atom. The summed E-state index contributed by atoms with van der Waals surface area (Å²) in [5, 5.41) is 8.15. The minimum absolute atomic E-state index is 0.0556. The lowest BCUT2D eigenvalue weighted by molar-refractivity contribution is 0.422. The van der Waals surface area contributed by atoms with Gasteiger partial charge in [-0.25, -0.2) is 14.1 Å². The molecule has 24 heavy (non-hydrogen) atoms. The number of nitrogens with zero attached hydrogens (tertiary/aromatic N) is 5. The van der Waals surface area contributed by atoms with Crippen LogP contribution < -0.4 is 0 Å². The van der Waals surface area contributed by atoms with Gasteiger partial charge in [-0.1, -0.05) is 25.1 Å². The Balaban J connectivity index is 2.03. The second-order valence-corrected chi connectivity index (χ2v) is 7.01. The first-order valence-electron chi connectivity index (χ1n) is 7.30. The minimum Gasteiger partial charge on any atom is -0.330 e. The fourth-order valence-corrected chi connectivity index (χ4v) is 2.65. The van der Waals surface area contributed by atoms with Crippen LogP contribution >= 0.6 is 0 Å². The van der Waals surface area contributed by atoms with Gasteiger partial charge in [0.05, 0.1) is 11.4 Å². The van der Waals surface area contributed by atoms with Crippen molar-refractivity contribution < 1.29 is 13.1 Å². The second kappa shape index (κ2) is 6.60. The molecule has 0 aliphatic carbocycles. The fraction of sp³-hybridized carbons (Fsp3) is 0.333. The summed E-state index contributed by atoms with van der Waals surface area (Å²) in [4.78, 5) is 8.60. The zero-order valence-corrected chi connectivity index (χ0v) is 14.2. The van der Waals surface area contributed by atoms with E-state index in [1.165, 1.54) is 12.1 Å². The third kappa shape index (κ3) is 3.40. The monoisotopic (exact) mass is 349 g/mol. The van der Waals surface area contributed by atoms with Crippen molar-refractivity contribution in [2.45, 2.75) is 25.5 Å². The summed E-state index contributed by atoms with van der Waals surface area (Å²) < 4.78 is 31.5. The first-order chi connectivity index (χ1) is 11.4. The summed E-state index contributed by atoms with van der Waals surface area (Å²) in [6.45, 7) is 3.92. The maximum atomic E-state index is 13.5. The van der Waals surface area contributed by atoms with Gasteiger partial charge in [-0.2, -0.15) is 4.98 Å². The van der Waals surface area contributed by atoms with E-state index in [0.717, 1.165) is 0 Å². The van der Waals surface area contributed by atoms with Crippen LogP contribution in [0.4, 0.5) is 4.39 Å². The molecule has 2 heterocycles. The van der Waals surface area contributed by atoms with E-state index in [9.17, 15) is 8.60 Å². The number of halogens is 1. The Bertz CT molecular complexity index is 890. The van der Waals surface area contributed by atoms with E-state index < -0.39 is 10.8 Å². The van der Waals surface area contributed by atoms with Crippen molar-refractivity contribution in [1.29, 1.82) is 0 Å². The van der Waals surface area contributed by atoms with E-state index in [4.69, 9.17) is 4.52 Å². The number of hydrogen-bond acceptors (Lipinski definition) is 6. The van der Waals surface area contributed by atoms with Crippen LogP contribution in [0.1, 0.15) is 31.4 Å². The molecular formula is C15H16FN5O2S. The van der Waals surface area contributed by atoms with Crippen LogP contribution in [0.2, 0.25) is 0 Å². The number of rotatable bonds is 5. The van der Waals surface area contributed by atoms with Crippen molar-refractivity contribution in [3.05, 3.63) is 41.7 Å². The molecule has 0 aliphatic rings. The summed E-state index contributed by atoms with van der Waals surface area (Å²) in [6.07, 6.45) is 1.56. The van der Waals surface area contributed by atoms with Crippen molar-refractivity contribution in [2.24, 2.45) is 0 Å². The molecule has 3 rings (SSSR count). The summed E-state index contributed by atoms with van der Waals surface area (Å²) in [6, 6.07) is 6.10. The molecule has 2 aromatic heterocycles. The SMILES string of the molecule is CC(C)c1nc(-c2nc(CS(C)=O)no2)nn1-c1cccc(F)c1. The quantitative estimate of drug-likeness (QED) is 0.703. The van der Waals surface area contributed by atoms with E-state index in [1.807, 2.05) is 13.8 Å². The van der Waals surface area contributed by atoms with Crippen LogP contribution in [-0.4, -0.2) is 35.4 Å². The second-order valence-electron chi connectivity index (χ2n) is 5.57. The summed E-state index contributed by atoms with van der Waals surface area (Å²) >= 11 is 0. The van der Waals surface area contributed by atoms with Gasteiger partial charge < -0.3 is 4.52 Å². The Morgan fingerprint density at radius 1 is 1.33 bits per heavy atom. The van der Waals surface area contributed by atoms with E-state index in [0.29, 0.717) is 17.3 Å². The smallest absolute Gasteiger partial charge is 0.297 e. The van der Waals surface area contributed by atoms with Crippen LogP contribution in [0.25, 0.3) is 17.4 Å². The first-order valence-corrected chi connectivity index (χ1v) is 9.02. The topological polar surface area (TPSA) is 86.7 Å². The van der Waals surface area contributed by atoms with E-state index >= 15 is 0 Å². The van der Waals surface area contributed by atoms with E-state index in [1.54, 1.807) is 23.1 Å². The van der Waals surface area contributed by atoms with Crippen LogP contribution in [0.5, 0.6) is 0 Å². The molecule has 0 N–H and O–H groups in total. The van der Waals surface area contributed by atoms with Crippen LogP contribution in [0.15, 0.2) is 28.8 Å². The Hall–Kier alpha value is -2.42. The third-order valence-electron chi connectivity index (χ3n) is 3.19. The molecule has 0 bridgehead atoms. The molecule has 7 nitrogen and oxygen atoms in total. The van der Waals surface area contributed by atoms with Gasteiger partial charge in [-0.05, 0) is 18.2 Å². The van der Waals surface area contributed by atoms with Crippen molar-refractivity contribution in [1.82, 2.24) is 24.9 Å². The molecule has 0 saturated heterocycles. The number of benzene rings is 1. The highest BCUT2D eigenvalue weighted by molar-refractivity contribution is 7.83. The first kappa shape index (κ1) is 16.4. The lowest BCUT2D eigenvalue weighted by atomic mass is 10.2. The van der Waals surface area contributed by atoms with Gasteiger partial charge in [0.1, 0.15) is 11.6 Å². The van der Waals surface area contributed by atoms with E-state index in [-0.39, 0.29) is 29.2 Å². The zero-order chi connectivity index (χ0) is 17.3. The van der Waals surface area contributed by atoms with Gasteiger partial charge >= 0.3 is 0 Å². The molecule has 3 aromatic rings. The molecule has 0 aliphatic heterocycles. The van der Waals surface area contributed by atoms with Crippen molar-refractivity contribution in [2.75, 3.05) is 6.26 Å². The maximum absolute atomic E-state index is 13.5. The standard InChI is InChI=1S/C15H16FN5O2S/c1-9(2)14-18-13(15-17-12(20-23-15)8-24(3)22)19-21(14)11-6-4-5-10(16)7-11/h4-7,9H,8H2,1-3H3. The fourth-order valence-electron chi connectivity index (χ4n) is 2.17. The van der Waals surface area contributed by atoms with Gasteiger partial charge in [0.25, 0.3) is 5.89 Å². The van der Waals surface area contributed by atoms with Crippen molar-refractivity contribution in [3.8, 4) is 17.4 Å². The predicted octanol–water partition coefficient (Wildman–Crippen LogP) is 2.46. The molecule has 1 aromatic carbocycles. The van der Waals surface area contributed by atoms with Crippen LogP contribution in [0, 0.1) is 5.82 Å². The van der Waals surface area contributed by atoms with Gasteiger partial charge in [0.2, 0.25) is 5.82 Å². The normalized spacial score (nSPS) is 12.7. The highest BCUT2D eigenvalue weighted by atomic mass is 32.2. The lowest BCUT2D eigenvalue weighted by Crippen LogP contribution is -2.04. The Kier molecular flexibility index (Phi) is 4.52. The van der Waals surface area contributed by atoms with Crippen LogP contribution in [-0.2, 0) is 16.6 Å². The average Bonchev–Trinajstić information content (AvgIpc) is 3.13. The van der Waals surface area contributed by atoms with Gasteiger partial charge in [-0.3, -0.25) is 4.21 Å². The highest BCUT2D eigenvalue weighted by Crippen LogP contribution is 2.22. The van der Waals surface area contributed by atoms with Crippen molar-refractivity contribution >= 4 is 10.8 Å². The van der Waals surface area contributed by atoms with Gasteiger partial charge in [0, 0.05) is 23.0 Å². The molecular weight excluding hydrogens is 333 g/mol. The van der Waals surface area contributed by atoms with Crippen LogP contribution in [0.3, 0.4) is 0 Å². The summed E-state index contributed by atoms with van der Waals surface area (Å²) in [5.74, 6) is 1.28. The molecule has 0 saturated carbocycles. The zero-order valence-electron chi connectivity index (χ0n) is 13.4. The van der Waals surface area contributed by atoms with Crippen molar-refractivity contribution in [3.63, 3.8) is 0 Å².